The molecule has 4 aromatic rings. The molecule has 0 unspecified atom stereocenters. The van der Waals surface area contributed by atoms with E-state index in [1.54, 1.807) is 17.5 Å². The molecule has 0 aromatic carbocycles. The molecule has 0 N–H and O–H groups in total. The van der Waals surface area contributed by atoms with Gasteiger partial charge in [0.05, 0.1) is 0 Å². The summed E-state index contributed by atoms with van der Waals surface area (Å²) in [6.07, 6.45) is 5.53. The van der Waals surface area contributed by atoms with Crippen LogP contribution in [-0.4, -0.2) is 9.97 Å². The number of hydrogen-bond donors (Lipinski definition) is 0. The lowest BCUT2D eigenvalue weighted by atomic mass is 10.1. The summed E-state index contributed by atoms with van der Waals surface area (Å²) >= 11 is 3.60. The highest BCUT2D eigenvalue weighted by Crippen LogP contribution is 2.19. The molecule has 0 fully saturated rings. The molecule has 34 heavy (non-hydrogen) atoms. The number of thiophene rings is 2. The molecule has 4 aromatic heterocycles. The van der Waals surface area contributed by atoms with Gasteiger partial charge in [-0.15, -0.1) is 11.3 Å². The average molecular weight is 495 g/mol. The molecule has 0 aliphatic heterocycles. The summed E-state index contributed by atoms with van der Waals surface area (Å²) in [5.41, 5.74) is 3.92. The van der Waals surface area contributed by atoms with Gasteiger partial charge in [0.1, 0.15) is 0 Å². The van der Waals surface area contributed by atoms with Gasteiger partial charge in [-0.3, -0.25) is 9.97 Å². The summed E-state index contributed by atoms with van der Waals surface area (Å²) in [6.45, 7) is 17.5. The van der Waals surface area contributed by atoms with Crippen LogP contribution in [0.4, 0.5) is 0 Å². The summed E-state index contributed by atoms with van der Waals surface area (Å²) in [4.78, 5) is 9.66. The van der Waals surface area contributed by atoms with Crippen LogP contribution in [0.3, 0.4) is 0 Å². The summed E-state index contributed by atoms with van der Waals surface area (Å²) in [5.74, 6) is 2.54. The van der Waals surface area contributed by atoms with Crippen LogP contribution in [0.2, 0.25) is 0 Å². The third kappa shape index (κ3) is 12.8. The maximum absolute atomic E-state index is 4.18. The van der Waals surface area contributed by atoms with Gasteiger partial charge in [-0.05, 0) is 81.3 Å². The van der Waals surface area contributed by atoms with Crippen molar-refractivity contribution in [3.05, 3.63) is 105 Å². The fraction of sp³-hybridized carbons (Fsp3) is 0.400. The molecule has 0 saturated heterocycles. The molecule has 4 rings (SSSR count). The van der Waals surface area contributed by atoms with Gasteiger partial charge in [-0.25, -0.2) is 0 Å². The van der Waals surface area contributed by atoms with Crippen molar-refractivity contribution in [3.8, 4) is 0 Å². The van der Waals surface area contributed by atoms with Crippen LogP contribution >= 0.6 is 22.7 Å². The first-order valence-corrected chi connectivity index (χ1v) is 13.9. The van der Waals surface area contributed by atoms with Crippen molar-refractivity contribution in [3.63, 3.8) is 0 Å². The van der Waals surface area contributed by atoms with Crippen molar-refractivity contribution in [2.24, 2.45) is 0 Å². The Morgan fingerprint density at radius 1 is 0.618 bits per heavy atom. The van der Waals surface area contributed by atoms with Gasteiger partial charge >= 0.3 is 0 Å². The second-order valence-electron chi connectivity index (χ2n) is 9.23. The highest BCUT2D eigenvalue weighted by atomic mass is 32.1. The van der Waals surface area contributed by atoms with Gasteiger partial charge in [-0.2, -0.15) is 11.3 Å². The van der Waals surface area contributed by atoms with Crippen molar-refractivity contribution in [2.75, 3.05) is 0 Å². The lowest BCUT2D eigenvalue weighted by Crippen LogP contribution is -1.88. The molecule has 0 spiro atoms. The normalized spacial score (nSPS) is 10.2. The van der Waals surface area contributed by atoms with E-state index in [0.717, 1.165) is 5.69 Å². The van der Waals surface area contributed by atoms with Crippen LogP contribution in [0.15, 0.2) is 83.3 Å². The van der Waals surface area contributed by atoms with Gasteiger partial charge < -0.3 is 0 Å². The summed E-state index contributed by atoms with van der Waals surface area (Å²) < 4.78 is 0. The van der Waals surface area contributed by atoms with Crippen molar-refractivity contribution >= 4 is 22.7 Å². The minimum absolute atomic E-state index is 0.547. The van der Waals surface area contributed by atoms with Crippen molar-refractivity contribution < 1.29 is 0 Å². The quantitative estimate of drug-likeness (QED) is 0.282. The fourth-order valence-electron chi connectivity index (χ4n) is 2.66. The number of hydrogen-bond acceptors (Lipinski definition) is 4. The number of nitrogens with zero attached hydrogens (tertiary/aromatic N) is 2. The van der Waals surface area contributed by atoms with E-state index in [9.17, 15) is 0 Å². The lowest BCUT2D eigenvalue weighted by molar-refractivity contribution is 0.823. The predicted octanol–water partition coefficient (Wildman–Crippen LogP) is 10.2. The SMILES string of the molecule is CC(C)c1ccccn1.CC(C)c1cccnc1.CC(C)c1cccs1.CC(C)c1ccsc1. The van der Waals surface area contributed by atoms with Gasteiger partial charge in [-0.1, -0.05) is 73.6 Å². The van der Waals surface area contributed by atoms with E-state index in [0.29, 0.717) is 23.7 Å². The zero-order valence-corrected chi connectivity index (χ0v) is 23.7. The molecule has 0 radical (unpaired) electrons. The molecule has 0 atom stereocenters. The highest BCUT2D eigenvalue weighted by molar-refractivity contribution is 7.10. The minimum atomic E-state index is 0.547. The van der Waals surface area contributed by atoms with Gasteiger partial charge in [0.25, 0.3) is 0 Å². The molecule has 0 amide bonds. The second-order valence-corrected chi connectivity index (χ2v) is 11.0. The minimum Gasteiger partial charge on any atom is -0.264 e. The van der Waals surface area contributed by atoms with Gasteiger partial charge in [0.2, 0.25) is 0 Å². The lowest BCUT2D eigenvalue weighted by Gasteiger charge is -2.00. The van der Waals surface area contributed by atoms with Crippen LogP contribution in [-0.2, 0) is 0 Å². The van der Waals surface area contributed by atoms with E-state index < -0.39 is 0 Å². The summed E-state index contributed by atoms with van der Waals surface area (Å²) in [6, 6.07) is 16.5. The number of pyridine rings is 2. The topological polar surface area (TPSA) is 25.8 Å². The Labute approximate surface area is 216 Å². The monoisotopic (exact) mass is 494 g/mol. The third-order valence-corrected chi connectivity index (χ3v) is 6.83. The zero-order chi connectivity index (χ0) is 25.3. The Bertz CT molecular complexity index is 862. The molecule has 4 heteroatoms. The summed E-state index contributed by atoms with van der Waals surface area (Å²) in [7, 11) is 0. The van der Waals surface area contributed by atoms with E-state index in [-0.39, 0.29) is 0 Å². The smallest absolute Gasteiger partial charge is 0.0428 e. The first-order chi connectivity index (χ1) is 16.2. The number of rotatable bonds is 4. The Hall–Kier alpha value is -2.30. The van der Waals surface area contributed by atoms with Crippen molar-refractivity contribution in [1.82, 2.24) is 9.97 Å². The maximum atomic E-state index is 4.18. The fourth-order valence-corrected chi connectivity index (χ4v) is 4.22. The largest absolute Gasteiger partial charge is 0.264 e. The van der Waals surface area contributed by atoms with Crippen LogP contribution in [0, 0.1) is 0 Å². The number of aromatic nitrogens is 2. The molecule has 4 heterocycles. The predicted molar refractivity (Wildman–Crippen MR) is 153 cm³/mol. The van der Waals surface area contributed by atoms with E-state index in [1.165, 1.54) is 16.0 Å². The highest BCUT2D eigenvalue weighted by Gasteiger charge is 1.97. The third-order valence-electron chi connectivity index (χ3n) is 4.95. The first kappa shape index (κ1) is 29.7. The van der Waals surface area contributed by atoms with Crippen LogP contribution in [0.5, 0.6) is 0 Å². The van der Waals surface area contributed by atoms with Gasteiger partial charge in [0.15, 0.2) is 0 Å². The molecule has 0 saturated carbocycles. The summed E-state index contributed by atoms with van der Waals surface area (Å²) in [5, 5.41) is 6.44. The molecule has 0 bridgehead atoms. The molecule has 184 valence electrons. The second kappa shape index (κ2) is 17.2. The Kier molecular flexibility index (Phi) is 15.0. The van der Waals surface area contributed by atoms with E-state index in [1.807, 2.05) is 48.0 Å². The molecular formula is C30H42N2S2. The van der Waals surface area contributed by atoms with Crippen LogP contribution < -0.4 is 0 Å². The Morgan fingerprint density at radius 2 is 1.35 bits per heavy atom. The van der Waals surface area contributed by atoms with Gasteiger partial charge in [0, 0.05) is 29.2 Å². The molecule has 0 aliphatic rings. The standard InChI is InChI=1S/2C8H11N.2C7H10S/c1-7(2)8-4-3-5-9-6-8;1-7(2)8-5-3-4-6-9-8;1-6(2)7-3-4-8-5-7;1-6(2)7-4-3-5-8-7/h2*3-7H,1-2H3;2*3-6H,1-2H3. The first-order valence-electron chi connectivity index (χ1n) is 12.1. The Morgan fingerprint density at radius 3 is 1.65 bits per heavy atom. The molecule has 0 aliphatic carbocycles. The van der Waals surface area contributed by atoms with E-state index in [4.69, 9.17) is 0 Å². The average Bonchev–Trinajstić information content (AvgIpc) is 3.56. The van der Waals surface area contributed by atoms with E-state index in [2.05, 4.69) is 106 Å². The van der Waals surface area contributed by atoms with Crippen molar-refractivity contribution in [1.29, 1.82) is 0 Å². The van der Waals surface area contributed by atoms with E-state index >= 15 is 0 Å². The Balaban J connectivity index is 0.000000227. The van der Waals surface area contributed by atoms with Crippen molar-refractivity contribution in [2.45, 2.75) is 79.1 Å². The van der Waals surface area contributed by atoms with Crippen LogP contribution in [0.1, 0.15) is 101 Å². The van der Waals surface area contributed by atoms with Crippen LogP contribution in [0.25, 0.3) is 0 Å². The molecular weight excluding hydrogens is 452 g/mol. The maximum Gasteiger partial charge on any atom is 0.0428 e. The molecule has 2 nitrogen and oxygen atoms in total. The zero-order valence-electron chi connectivity index (χ0n) is 22.1.